The predicted molar refractivity (Wildman–Crippen MR) is 95.0 cm³/mol. The van der Waals surface area contributed by atoms with Crippen LogP contribution in [-0.2, 0) is 13.6 Å². The van der Waals surface area contributed by atoms with Crippen molar-refractivity contribution in [1.29, 1.82) is 0 Å². The maximum absolute atomic E-state index is 6.27. The van der Waals surface area contributed by atoms with E-state index >= 15 is 0 Å². The highest BCUT2D eigenvalue weighted by molar-refractivity contribution is 7.99. The van der Waals surface area contributed by atoms with Gasteiger partial charge >= 0.3 is 0 Å². The Balaban J connectivity index is 0.00000312. The zero-order chi connectivity index (χ0) is 17.4. The zero-order valence-corrected chi connectivity index (χ0v) is 16.8. The summed E-state index contributed by atoms with van der Waals surface area (Å²) in [6, 6.07) is 3.85. The topological polar surface area (TPSA) is 74.1 Å². The van der Waals surface area contributed by atoms with Gasteiger partial charge in [0.25, 0.3) is 0 Å². The molecule has 1 heterocycles. The van der Waals surface area contributed by atoms with E-state index in [1.54, 1.807) is 23.6 Å². The van der Waals surface area contributed by atoms with Crippen molar-refractivity contribution in [1.82, 2.24) is 25.5 Å². The van der Waals surface area contributed by atoms with E-state index in [1.807, 2.05) is 26.1 Å². The van der Waals surface area contributed by atoms with Crippen LogP contribution in [0, 0.1) is 0 Å². The molecule has 2 rings (SSSR count). The molecule has 1 aromatic carbocycles. The van der Waals surface area contributed by atoms with Crippen LogP contribution < -0.4 is 27.2 Å². The van der Waals surface area contributed by atoms with Gasteiger partial charge in [0.2, 0.25) is 5.16 Å². The molecule has 0 aliphatic heterocycles. The summed E-state index contributed by atoms with van der Waals surface area (Å²) in [5.74, 6) is 2.21. The third-order valence-electron chi connectivity index (χ3n) is 3.22. The number of aromatic nitrogens is 4. The van der Waals surface area contributed by atoms with Gasteiger partial charge in [0.1, 0.15) is 0 Å². The highest BCUT2D eigenvalue weighted by Gasteiger charge is 2.11. The molecule has 0 saturated carbocycles. The van der Waals surface area contributed by atoms with Gasteiger partial charge in [-0.15, -0.1) is 5.10 Å². The Morgan fingerprint density at radius 3 is 2.80 bits per heavy atom. The molecule has 10 heteroatoms. The molecule has 0 amide bonds. The van der Waals surface area contributed by atoms with Gasteiger partial charge in [-0.05, 0) is 48.0 Å². The van der Waals surface area contributed by atoms with Gasteiger partial charge in [-0.2, -0.15) is 0 Å². The molecular weight excluding hydrogens is 385 g/mol. The molecule has 1 aromatic heterocycles. The molecule has 0 fully saturated rings. The van der Waals surface area contributed by atoms with E-state index in [0.29, 0.717) is 23.1 Å². The number of halogens is 2. The van der Waals surface area contributed by atoms with Crippen LogP contribution in [0.4, 0.5) is 0 Å². The molecule has 140 valence electrons. The van der Waals surface area contributed by atoms with Gasteiger partial charge < -0.3 is 27.2 Å². The number of nitrogens with zero attached hydrogens (tertiary/aromatic N) is 4. The van der Waals surface area contributed by atoms with Crippen molar-refractivity contribution >= 4 is 23.4 Å². The first-order chi connectivity index (χ1) is 11.7. The van der Waals surface area contributed by atoms with Crippen molar-refractivity contribution in [3.8, 4) is 11.5 Å². The second kappa shape index (κ2) is 11.4. The van der Waals surface area contributed by atoms with E-state index in [4.69, 9.17) is 21.1 Å². The fourth-order valence-corrected chi connectivity index (χ4v) is 3.17. The molecule has 0 radical (unpaired) electrons. The normalized spacial score (nSPS) is 10.4. The molecular formula is C15H22Cl2N5O2S-. The van der Waals surface area contributed by atoms with Crippen LogP contribution in [0.15, 0.2) is 17.3 Å². The lowest BCUT2D eigenvalue weighted by Crippen LogP contribution is -3.00. The minimum atomic E-state index is 0. The molecule has 0 aliphatic carbocycles. The third kappa shape index (κ3) is 6.54. The van der Waals surface area contributed by atoms with E-state index in [2.05, 4.69) is 20.8 Å². The summed E-state index contributed by atoms with van der Waals surface area (Å²) in [5.41, 5.74) is 1.06. The Kier molecular flexibility index (Phi) is 9.96. The number of benzene rings is 1. The van der Waals surface area contributed by atoms with Crippen LogP contribution in [-0.4, -0.2) is 46.2 Å². The maximum Gasteiger partial charge on any atom is 0.209 e. The second-order valence-electron chi connectivity index (χ2n) is 5.01. The standard InChI is InChI=1S/C15H22ClN5O2S.ClH/c1-4-23-14-12(16)8-11(9-13(14)22-3)10-17-6-5-7-24-15-18-19-20-21(15)2;/h8-9,17H,4-7,10H2,1-3H3;1H/p-1. The Morgan fingerprint density at radius 2 is 2.16 bits per heavy atom. The van der Waals surface area contributed by atoms with E-state index in [1.165, 1.54) is 0 Å². The first-order valence-corrected chi connectivity index (χ1v) is 9.07. The molecule has 0 saturated heterocycles. The van der Waals surface area contributed by atoms with Crippen LogP contribution in [0.5, 0.6) is 11.5 Å². The van der Waals surface area contributed by atoms with Crippen LogP contribution in [0.1, 0.15) is 18.9 Å². The molecule has 0 spiro atoms. The lowest BCUT2D eigenvalue weighted by molar-refractivity contribution is -0.00000585. The first-order valence-electron chi connectivity index (χ1n) is 7.70. The lowest BCUT2D eigenvalue weighted by atomic mass is 10.2. The Bertz CT molecular complexity index is 657. The molecule has 0 aliphatic rings. The summed E-state index contributed by atoms with van der Waals surface area (Å²) >= 11 is 7.91. The molecule has 0 bridgehead atoms. The van der Waals surface area contributed by atoms with Gasteiger partial charge in [-0.3, -0.25) is 0 Å². The number of aryl methyl sites for hydroxylation is 1. The van der Waals surface area contributed by atoms with E-state index < -0.39 is 0 Å². The van der Waals surface area contributed by atoms with Crippen molar-refractivity contribution in [2.75, 3.05) is 26.0 Å². The number of rotatable bonds is 10. The maximum atomic E-state index is 6.27. The summed E-state index contributed by atoms with van der Waals surface area (Å²) in [6.45, 7) is 4.08. The quantitative estimate of drug-likeness (QED) is 0.422. The van der Waals surface area contributed by atoms with Crippen LogP contribution in [0.25, 0.3) is 0 Å². The summed E-state index contributed by atoms with van der Waals surface area (Å²) in [4.78, 5) is 0. The predicted octanol–water partition coefficient (Wildman–Crippen LogP) is -0.453. The fourth-order valence-electron chi connectivity index (χ4n) is 2.10. The summed E-state index contributed by atoms with van der Waals surface area (Å²) in [5, 5.41) is 16.2. The Labute approximate surface area is 163 Å². The number of ether oxygens (including phenoxy) is 2. The number of hydrogen-bond acceptors (Lipinski definition) is 7. The Hall–Kier alpha value is -1.22. The number of tetrazole rings is 1. The first kappa shape index (κ1) is 21.8. The van der Waals surface area contributed by atoms with Crippen molar-refractivity contribution in [3.05, 3.63) is 22.7 Å². The fraction of sp³-hybridized carbons (Fsp3) is 0.533. The highest BCUT2D eigenvalue weighted by Crippen LogP contribution is 2.36. The van der Waals surface area contributed by atoms with Gasteiger partial charge in [0.15, 0.2) is 11.5 Å². The van der Waals surface area contributed by atoms with Gasteiger partial charge in [0.05, 0.1) is 18.7 Å². The van der Waals surface area contributed by atoms with Crippen molar-refractivity contribution in [2.45, 2.75) is 25.0 Å². The molecule has 0 atom stereocenters. The van der Waals surface area contributed by atoms with Gasteiger partial charge in [-0.25, -0.2) is 4.68 Å². The van der Waals surface area contributed by atoms with Gasteiger partial charge in [-0.1, -0.05) is 23.4 Å². The average Bonchev–Trinajstić information content (AvgIpc) is 2.98. The summed E-state index contributed by atoms with van der Waals surface area (Å²) in [6.07, 6.45) is 1.01. The van der Waals surface area contributed by atoms with Crippen LogP contribution in [0.3, 0.4) is 0 Å². The van der Waals surface area contributed by atoms with E-state index in [0.717, 1.165) is 36.0 Å². The average molecular weight is 407 g/mol. The van der Waals surface area contributed by atoms with E-state index in [-0.39, 0.29) is 12.4 Å². The molecule has 0 unspecified atom stereocenters. The second-order valence-corrected chi connectivity index (χ2v) is 6.48. The number of methoxy groups -OCH3 is 1. The summed E-state index contributed by atoms with van der Waals surface area (Å²) in [7, 11) is 3.45. The number of hydrogen-bond donors (Lipinski definition) is 1. The van der Waals surface area contributed by atoms with Crippen molar-refractivity contribution in [2.24, 2.45) is 7.05 Å². The molecule has 25 heavy (non-hydrogen) atoms. The lowest BCUT2D eigenvalue weighted by Gasteiger charge is -2.13. The minimum absolute atomic E-state index is 0. The number of nitrogens with one attached hydrogen (secondary N) is 1. The SMILES string of the molecule is CCOc1c(Cl)cc(CNCCCSc2nnnn2C)cc1OC.[Cl-]. The summed E-state index contributed by atoms with van der Waals surface area (Å²) < 4.78 is 12.5. The minimum Gasteiger partial charge on any atom is -1.00 e. The largest absolute Gasteiger partial charge is 1.00 e. The van der Waals surface area contributed by atoms with Gasteiger partial charge in [0, 0.05) is 19.3 Å². The van der Waals surface area contributed by atoms with Crippen molar-refractivity contribution < 1.29 is 21.9 Å². The van der Waals surface area contributed by atoms with Crippen LogP contribution >= 0.6 is 23.4 Å². The van der Waals surface area contributed by atoms with E-state index in [9.17, 15) is 0 Å². The highest BCUT2D eigenvalue weighted by atomic mass is 35.5. The third-order valence-corrected chi connectivity index (χ3v) is 4.59. The Morgan fingerprint density at radius 1 is 1.36 bits per heavy atom. The molecule has 2 aromatic rings. The smallest absolute Gasteiger partial charge is 0.209 e. The molecule has 1 N–H and O–H groups in total. The zero-order valence-electron chi connectivity index (χ0n) is 14.5. The number of thioether (sulfide) groups is 1. The van der Waals surface area contributed by atoms with Crippen LogP contribution in [0.2, 0.25) is 5.02 Å². The van der Waals surface area contributed by atoms with Crippen molar-refractivity contribution in [3.63, 3.8) is 0 Å². The molecule has 7 nitrogen and oxygen atoms in total. The monoisotopic (exact) mass is 406 g/mol.